The standard InChI is InChI=1S/C17H21N3O/c1-13(2)20(12-14-7-6-10-19-11-14)17(21)16(18)15-8-4-3-5-9-15/h3-11,13,16H,12,18H2,1-2H3/t16-/m1/s1. The summed E-state index contributed by atoms with van der Waals surface area (Å²) in [4.78, 5) is 18.5. The van der Waals surface area contributed by atoms with Gasteiger partial charge in [0.2, 0.25) is 5.91 Å². The Hall–Kier alpha value is -2.20. The highest BCUT2D eigenvalue weighted by Gasteiger charge is 2.24. The van der Waals surface area contributed by atoms with Gasteiger partial charge in [-0.15, -0.1) is 0 Å². The number of aromatic nitrogens is 1. The van der Waals surface area contributed by atoms with Crippen molar-refractivity contribution in [2.24, 2.45) is 5.73 Å². The molecule has 0 saturated carbocycles. The zero-order chi connectivity index (χ0) is 15.2. The molecule has 1 amide bonds. The van der Waals surface area contributed by atoms with E-state index < -0.39 is 6.04 Å². The first-order valence-electron chi connectivity index (χ1n) is 7.09. The van der Waals surface area contributed by atoms with Crippen LogP contribution in [0.25, 0.3) is 0 Å². The van der Waals surface area contributed by atoms with E-state index in [1.165, 1.54) is 0 Å². The molecule has 4 heteroatoms. The van der Waals surface area contributed by atoms with E-state index in [9.17, 15) is 4.79 Å². The zero-order valence-corrected chi connectivity index (χ0v) is 12.4. The summed E-state index contributed by atoms with van der Waals surface area (Å²) in [7, 11) is 0. The van der Waals surface area contributed by atoms with Gasteiger partial charge in [-0.2, -0.15) is 0 Å². The lowest BCUT2D eigenvalue weighted by Gasteiger charge is -2.29. The van der Waals surface area contributed by atoms with Crippen molar-refractivity contribution < 1.29 is 4.79 Å². The summed E-state index contributed by atoms with van der Waals surface area (Å²) in [5, 5.41) is 0. The highest BCUT2D eigenvalue weighted by atomic mass is 16.2. The molecule has 0 bridgehead atoms. The van der Waals surface area contributed by atoms with Gasteiger partial charge >= 0.3 is 0 Å². The number of benzene rings is 1. The fraction of sp³-hybridized carbons (Fsp3) is 0.294. The predicted molar refractivity (Wildman–Crippen MR) is 83.3 cm³/mol. The van der Waals surface area contributed by atoms with Crippen molar-refractivity contribution in [3.63, 3.8) is 0 Å². The Morgan fingerprint density at radius 2 is 1.90 bits per heavy atom. The molecule has 0 fully saturated rings. The molecule has 2 rings (SSSR count). The van der Waals surface area contributed by atoms with Crippen molar-refractivity contribution in [2.75, 3.05) is 0 Å². The van der Waals surface area contributed by atoms with Gasteiger partial charge in [-0.3, -0.25) is 9.78 Å². The van der Waals surface area contributed by atoms with Crippen LogP contribution in [-0.2, 0) is 11.3 Å². The van der Waals surface area contributed by atoms with Gasteiger partial charge in [-0.05, 0) is 31.0 Å². The monoisotopic (exact) mass is 283 g/mol. The molecule has 0 aliphatic heterocycles. The number of rotatable bonds is 5. The molecule has 21 heavy (non-hydrogen) atoms. The number of amides is 1. The summed E-state index contributed by atoms with van der Waals surface area (Å²) < 4.78 is 0. The van der Waals surface area contributed by atoms with E-state index in [1.54, 1.807) is 17.3 Å². The lowest BCUT2D eigenvalue weighted by Crippen LogP contribution is -2.42. The molecule has 0 saturated heterocycles. The average Bonchev–Trinajstić information content (AvgIpc) is 2.53. The number of carbonyl (C=O) groups excluding carboxylic acids is 1. The maximum atomic E-state index is 12.7. The fourth-order valence-electron chi connectivity index (χ4n) is 2.18. The largest absolute Gasteiger partial charge is 0.334 e. The van der Waals surface area contributed by atoms with E-state index in [0.717, 1.165) is 11.1 Å². The SMILES string of the molecule is CC(C)N(Cc1cccnc1)C(=O)[C@H](N)c1ccccc1. The number of pyridine rings is 1. The third kappa shape index (κ3) is 3.89. The average molecular weight is 283 g/mol. The quantitative estimate of drug-likeness (QED) is 0.917. The van der Waals surface area contributed by atoms with Crippen molar-refractivity contribution in [2.45, 2.75) is 32.5 Å². The van der Waals surface area contributed by atoms with Gasteiger partial charge in [0.25, 0.3) is 0 Å². The van der Waals surface area contributed by atoms with Crippen LogP contribution in [0.3, 0.4) is 0 Å². The summed E-state index contributed by atoms with van der Waals surface area (Å²) in [6.45, 7) is 4.50. The summed E-state index contributed by atoms with van der Waals surface area (Å²) >= 11 is 0. The molecule has 0 aliphatic rings. The van der Waals surface area contributed by atoms with Crippen LogP contribution in [0.1, 0.15) is 31.0 Å². The molecule has 2 aromatic rings. The Bertz CT molecular complexity index is 569. The van der Waals surface area contributed by atoms with Crippen molar-refractivity contribution in [1.82, 2.24) is 9.88 Å². The first-order valence-corrected chi connectivity index (χ1v) is 7.09. The third-order valence-corrected chi connectivity index (χ3v) is 3.41. The Labute approximate surface area is 125 Å². The van der Waals surface area contributed by atoms with Crippen LogP contribution in [0.4, 0.5) is 0 Å². The Morgan fingerprint density at radius 1 is 1.19 bits per heavy atom. The fourth-order valence-corrected chi connectivity index (χ4v) is 2.18. The van der Waals surface area contributed by atoms with Gasteiger partial charge in [-0.25, -0.2) is 0 Å². The number of hydrogen-bond acceptors (Lipinski definition) is 3. The predicted octanol–water partition coefficient (Wildman–Crippen LogP) is 2.52. The van der Waals surface area contributed by atoms with Crippen molar-refractivity contribution >= 4 is 5.91 Å². The minimum atomic E-state index is -0.634. The lowest BCUT2D eigenvalue weighted by molar-refractivity contribution is -0.135. The third-order valence-electron chi connectivity index (χ3n) is 3.41. The van der Waals surface area contributed by atoms with Crippen LogP contribution in [0.15, 0.2) is 54.9 Å². The van der Waals surface area contributed by atoms with E-state index in [-0.39, 0.29) is 11.9 Å². The number of nitrogens with zero attached hydrogens (tertiary/aromatic N) is 2. The molecule has 110 valence electrons. The molecule has 4 nitrogen and oxygen atoms in total. The van der Waals surface area contributed by atoms with Crippen molar-refractivity contribution in [3.05, 3.63) is 66.0 Å². The maximum absolute atomic E-state index is 12.7. The van der Waals surface area contributed by atoms with Crippen LogP contribution < -0.4 is 5.73 Å². The van der Waals surface area contributed by atoms with Crippen LogP contribution >= 0.6 is 0 Å². The van der Waals surface area contributed by atoms with Crippen LogP contribution in [0, 0.1) is 0 Å². The molecular formula is C17H21N3O. The van der Waals surface area contributed by atoms with Crippen molar-refractivity contribution in [1.29, 1.82) is 0 Å². The first-order chi connectivity index (χ1) is 10.1. The normalized spacial score (nSPS) is 12.2. The highest BCUT2D eigenvalue weighted by molar-refractivity contribution is 5.83. The summed E-state index contributed by atoms with van der Waals surface area (Å²) in [5.41, 5.74) is 7.96. The van der Waals surface area contributed by atoms with Gasteiger partial charge < -0.3 is 10.6 Å². The highest BCUT2D eigenvalue weighted by Crippen LogP contribution is 2.17. The van der Waals surface area contributed by atoms with Crippen LogP contribution in [0.5, 0.6) is 0 Å². The minimum absolute atomic E-state index is 0.0694. The van der Waals surface area contributed by atoms with Gasteiger partial charge in [0.05, 0.1) is 0 Å². The van der Waals surface area contributed by atoms with Crippen LogP contribution in [-0.4, -0.2) is 21.8 Å². The molecular weight excluding hydrogens is 262 g/mol. The first kappa shape index (κ1) is 15.2. The maximum Gasteiger partial charge on any atom is 0.244 e. The van der Waals surface area contributed by atoms with E-state index in [2.05, 4.69) is 4.98 Å². The number of nitrogens with two attached hydrogens (primary N) is 1. The molecule has 1 heterocycles. The zero-order valence-electron chi connectivity index (χ0n) is 12.4. The van der Waals surface area contributed by atoms with E-state index in [1.807, 2.05) is 56.3 Å². The lowest BCUT2D eigenvalue weighted by atomic mass is 10.1. The molecule has 1 aromatic carbocycles. The Morgan fingerprint density at radius 3 is 2.48 bits per heavy atom. The second kappa shape index (κ2) is 6.99. The minimum Gasteiger partial charge on any atom is -0.334 e. The van der Waals surface area contributed by atoms with Gasteiger partial charge in [0.15, 0.2) is 0 Å². The summed E-state index contributed by atoms with van der Waals surface area (Å²) in [6.07, 6.45) is 3.50. The Balaban J connectivity index is 2.16. The van der Waals surface area contributed by atoms with Crippen LogP contribution in [0.2, 0.25) is 0 Å². The molecule has 0 spiro atoms. The van der Waals surface area contributed by atoms with E-state index in [4.69, 9.17) is 5.73 Å². The second-order valence-corrected chi connectivity index (χ2v) is 5.31. The smallest absolute Gasteiger partial charge is 0.244 e. The van der Waals surface area contributed by atoms with Crippen molar-refractivity contribution in [3.8, 4) is 0 Å². The van der Waals surface area contributed by atoms with Gasteiger partial charge in [0.1, 0.15) is 6.04 Å². The van der Waals surface area contributed by atoms with E-state index in [0.29, 0.717) is 6.54 Å². The number of hydrogen-bond donors (Lipinski definition) is 1. The van der Waals surface area contributed by atoms with E-state index >= 15 is 0 Å². The molecule has 0 unspecified atom stereocenters. The molecule has 1 atom stereocenters. The molecule has 0 radical (unpaired) electrons. The second-order valence-electron chi connectivity index (χ2n) is 5.31. The molecule has 1 aromatic heterocycles. The Kier molecular flexibility index (Phi) is 5.06. The summed E-state index contributed by atoms with van der Waals surface area (Å²) in [6, 6.07) is 12.7. The molecule has 0 aliphatic carbocycles. The number of carbonyl (C=O) groups is 1. The molecule has 2 N–H and O–H groups in total. The topological polar surface area (TPSA) is 59.2 Å². The summed E-state index contributed by atoms with van der Waals surface area (Å²) in [5.74, 6) is -0.0694. The van der Waals surface area contributed by atoms with Gasteiger partial charge in [-0.1, -0.05) is 36.4 Å². The van der Waals surface area contributed by atoms with Gasteiger partial charge in [0, 0.05) is 25.0 Å².